The summed E-state index contributed by atoms with van der Waals surface area (Å²) in [6, 6.07) is 5.22. The molecule has 0 aliphatic carbocycles. The standard InChI is InChI=1S/C23H33N7O3/c1-7-28-8-10-29(11-9-28)20(21-25-26-27-30(21)23(2,3)4)16-12-15-13-18(32-5)19(33-6)14-17(15)24-22(16)31/h12-14,20H,7-11H2,1-6H3,(H,24,31)/t20-/m0/s1. The highest BCUT2D eigenvalue weighted by Crippen LogP contribution is 2.34. The number of aromatic amines is 1. The lowest BCUT2D eigenvalue weighted by molar-refractivity contribution is 0.105. The Morgan fingerprint density at radius 1 is 1.06 bits per heavy atom. The Morgan fingerprint density at radius 2 is 1.73 bits per heavy atom. The minimum Gasteiger partial charge on any atom is -0.493 e. The van der Waals surface area contributed by atoms with Crippen molar-refractivity contribution in [2.75, 3.05) is 46.9 Å². The van der Waals surface area contributed by atoms with Gasteiger partial charge in [-0.3, -0.25) is 9.69 Å². The summed E-state index contributed by atoms with van der Waals surface area (Å²) < 4.78 is 12.7. The van der Waals surface area contributed by atoms with Crippen LogP contribution >= 0.6 is 0 Å². The summed E-state index contributed by atoms with van der Waals surface area (Å²) in [5.41, 5.74) is 0.801. The predicted octanol–water partition coefficient (Wildman–Crippen LogP) is 2.01. The Hall–Kier alpha value is -2.98. The van der Waals surface area contributed by atoms with E-state index in [0.717, 1.165) is 38.1 Å². The van der Waals surface area contributed by atoms with Gasteiger partial charge in [-0.25, -0.2) is 4.68 Å². The number of ether oxygens (including phenoxy) is 2. The van der Waals surface area contributed by atoms with Gasteiger partial charge in [-0.05, 0) is 49.9 Å². The number of benzene rings is 1. The van der Waals surface area contributed by atoms with E-state index in [9.17, 15) is 4.79 Å². The minimum atomic E-state index is -0.375. The molecule has 0 unspecified atom stereocenters. The first kappa shape index (κ1) is 23.2. The van der Waals surface area contributed by atoms with Gasteiger partial charge >= 0.3 is 0 Å². The van der Waals surface area contributed by atoms with E-state index in [4.69, 9.17) is 9.47 Å². The molecule has 1 aliphatic rings. The number of tetrazole rings is 1. The van der Waals surface area contributed by atoms with Gasteiger partial charge < -0.3 is 19.4 Å². The van der Waals surface area contributed by atoms with Crippen LogP contribution in [0.25, 0.3) is 10.9 Å². The fourth-order valence-corrected chi connectivity index (χ4v) is 4.43. The molecule has 1 N–H and O–H groups in total. The summed E-state index contributed by atoms with van der Waals surface area (Å²) in [7, 11) is 3.18. The molecule has 3 heterocycles. The smallest absolute Gasteiger partial charge is 0.253 e. The monoisotopic (exact) mass is 455 g/mol. The number of hydrogen-bond donors (Lipinski definition) is 1. The third-order valence-electron chi connectivity index (χ3n) is 6.26. The number of piperazine rings is 1. The van der Waals surface area contributed by atoms with Gasteiger partial charge in [0.2, 0.25) is 0 Å². The molecule has 1 aliphatic heterocycles. The maximum absolute atomic E-state index is 13.4. The molecule has 3 aromatic rings. The van der Waals surface area contributed by atoms with Crippen molar-refractivity contribution in [2.45, 2.75) is 39.3 Å². The van der Waals surface area contributed by atoms with Crippen LogP contribution in [0.15, 0.2) is 23.0 Å². The molecule has 0 amide bonds. The largest absolute Gasteiger partial charge is 0.493 e. The summed E-state index contributed by atoms with van der Waals surface area (Å²) in [6.45, 7) is 12.8. The van der Waals surface area contributed by atoms with Crippen LogP contribution in [0.3, 0.4) is 0 Å². The minimum absolute atomic E-state index is 0.166. The van der Waals surface area contributed by atoms with Gasteiger partial charge in [0.05, 0.1) is 25.3 Å². The molecule has 2 aromatic heterocycles. The van der Waals surface area contributed by atoms with Gasteiger partial charge in [-0.15, -0.1) is 5.10 Å². The molecule has 1 aromatic carbocycles. The third kappa shape index (κ3) is 4.45. The quantitative estimate of drug-likeness (QED) is 0.602. The van der Waals surface area contributed by atoms with Crippen LogP contribution in [0.2, 0.25) is 0 Å². The molecular formula is C23H33N7O3. The lowest BCUT2D eigenvalue weighted by atomic mass is 10.0. The van der Waals surface area contributed by atoms with Gasteiger partial charge in [0, 0.05) is 43.2 Å². The maximum Gasteiger partial charge on any atom is 0.253 e. The van der Waals surface area contributed by atoms with Crippen LogP contribution in [0, 0.1) is 0 Å². The molecule has 1 atom stereocenters. The van der Waals surface area contributed by atoms with Crippen molar-refractivity contribution in [3.63, 3.8) is 0 Å². The zero-order valence-corrected chi connectivity index (χ0v) is 20.3. The summed E-state index contributed by atoms with van der Waals surface area (Å²) in [5.74, 6) is 1.84. The second-order valence-corrected chi connectivity index (χ2v) is 9.34. The molecular weight excluding hydrogens is 422 g/mol. The average Bonchev–Trinajstić information content (AvgIpc) is 3.29. The zero-order valence-electron chi connectivity index (χ0n) is 20.3. The summed E-state index contributed by atoms with van der Waals surface area (Å²) >= 11 is 0. The predicted molar refractivity (Wildman–Crippen MR) is 126 cm³/mol. The van der Waals surface area contributed by atoms with Crippen molar-refractivity contribution in [1.82, 2.24) is 35.0 Å². The van der Waals surface area contributed by atoms with Gasteiger partial charge in [0.25, 0.3) is 5.56 Å². The SMILES string of the molecule is CCN1CCN([C@@H](c2cc3cc(OC)c(OC)cc3[nH]c2=O)c2nnnn2C(C)(C)C)CC1. The summed E-state index contributed by atoms with van der Waals surface area (Å²) in [6.07, 6.45) is 0. The van der Waals surface area contributed by atoms with E-state index in [1.165, 1.54) is 0 Å². The van der Waals surface area contributed by atoms with Gasteiger partial charge in [-0.2, -0.15) is 0 Å². The van der Waals surface area contributed by atoms with Crippen molar-refractivity contribution < 1.29 is 9.47 Å². The Balaban J connectivity index is 1.88. The number of nitrogens with one attached hydrogen (secondary N) is 1. The fourth-order valence-electron chi connectivity index (χ4n) is 4.43. The molecule has 4 rings (SSSR count). The Labute approximate surface area is 193 Å². The number of aromatic nitrogens is 5. The van der Waals surface area contributed by atoms with Crippen LogP contribution in [-0.4, -0.2) is 81.9 Å². The van der Waals surface area contributed by atoms with Gasteiger partial charge in [-0.1, -0.05) is 6.92 Å². The molecule has 33 heavy (non-hydrogen) atoms. The van der Waals surface area contributed by atoms with E-state index in [-0.39, 0.29) is 17.1 Å². The van der Waals surface area contributed by atoms with Crippen LogP contribution in [0.4, 0.5) is 0 Å². The molecule has 1 fully saturated rings. The molecule has 0 bridgehead atoms. The lowest BCUT2D eigenvalue weighted by Crippen LogP contribution is -2.49. The van der Waals surface area contributed by atoms with Crippen molar-refractivity contribution in [3.05, 3.63) is 39.9 Å². The third-order valence-corrected chi connectivity index (χ3v) is 6.26. The van der Waals surface area contributed by atoms with Crippen molar-refractivity contribution in [3.8, 4) is 11.5 Å². The van der Waals surface area contributed by atoms with E-state index in [2.05, 4.69) is 58.0 Å². The number of hydrogen-bond acceptors (Lipinski definition) is 8. The van der Waals surface area contributed by atoms with E-state index in [1.54, 1.807) is 20.3 Å². The molecule has 10 heteroatoms. The van der Waals surface area contributed by atoms with Gasteiger partial charge in [0.15, 0.2) is 17.3 Å². The Kier molecular flexibility index (Phi) is 6.40. The number of likely N-dealkylation sites (N-methyl/N-ethyl adjacent to an activating group) is 1. The van der Waals surface area contributed by atoms with E-state index in [0.29, 0.717) is 28.4 Å². The summed E-state index contributed by atoms with van der Waals surface area (Å²) in [4.78, 5) is 21.2. The van der Waals surface area contributed by atoms with Crippen LogP contribution in [-0.2, 0) is 5.54 Å². The highest BCUT2D eigenvalue weighted by molar-refractivity contribution is 5.83. The number of methoxy groups -OCH3 is 2. The first-order chi connectivity index (χ1) is 15.8. The number of H-pyrrole nitrogens is 1. The van der Waals surface area contributed by atoms with E-state index < -0.39 is 0 Å². The maximum atomic E-state index is 13.4. The van der Waals surface area contributed by atoms with Crippen molar-refractivity contribution in [2.24, 2.45) is 0 Å². The van der Waals surface area contributed by atoms with Crippen molar-refractivity contribution >= 4 is 10.9 Å². The molecule has 0 spiro atoms. The van der Waals surface area contributed by atoms with E-state index in [1.807, 2.05) is 16.8 Å². The second kappa shape index (κ2) is 9.11. The molecule has 0 saturated carbocycles. The number of fused-ring (bicyclic) bond motifs is 1. The second-order valence-electron chi connectivity index (χ2n) is 9.34. The topological polar surface area (TPSA) is 101 Å². The van der Waals surface area contributed by atoms with Gasteiger partial charge in [0.1, 0.15) is 6.04 Å². The Bertz CT molecular complexity index is 1170. The highest BCUT2D eigenvalue weighted by atomic mass is 16.5. The number of pyridine rings is 1. The Morgan fingerprint density at radius 3 is 2.33 bits per heavy atom. The number of rotatable bonds is 6. The lowest BCUT2D eigenvalue weighted by Gasteiger charge is -2.39. The fraction of sp³-hybridized carbons (Fsp3) is 0.565. The number of nitrogens with zero attached hydrogens (tertiary/aromatic N) is 6. The van der Waals surface area contributed by atoms with Crippen LogP contribution in [0.5, 0.6) is 11.5 Å². The molecule has 0 radical (unpaired) electrons. The van der Waals surface area contributed by atoms with Crippen LogP contribution < -0.4 is 15.0 Å². The van der Waals surface area contributed by atoms with Crippen LogP contribution in [0.1, 0.15) is 45.1 Å². The van der Waals surface area contributed by atoms with E-state index >= 15 is 0 Å². The highest BCUT2D eigenvalue weighted by Gasteiger charge is 2.34. The zero-order chi connectivity index (χ0) is 23.8. The molecule has 178 valence electrons. The van der Waals surface area contributed by atoms with Crippen molar-refractivity contribution in [1.29, 1.82) is 0 Å². The first-order valence-electron chi connectivity index (χ1n) is 11.3. The molecule has 10 nitrogen and oxygen atoms in total. The average molecular weight is 456 g/mol. The first-order valence-corrected chi connectivity index (χ1v) is 11.3. The molecule has 1 saturated heterocycles. The summed E-state index contributed by atoms with van der Waals surface area (Å²) in [5, 5.41) is 13.5. The normalized spacial score (nSPS) is 16.8.